The lowest BCUT2D eigenvalue weighted by Gasteiger charge is -2.18. The van der Waals surface area contributed by atoms with Crippen molar-refractivity contribution in [1.29, 1.82) is 0 Å². The molecule has 0 amide bonds. The Labute approximate surface area is 118 Å². The van der Waals surface area contributed by atoms with Crippen LogP contribution >= 0.6 is 24.8 Å². The highest BCUT2D eigenvalue weighted by molar-refractivity contribution is 5.85. The van der Waals surface area contributed by atoms with Gasteiger partial charge in [0.05, 0.1) is 6.54 Å². The zero-order chi connectivity index (χ0) is 11.8. The van der Waals surface area contributed by atoms with E-state index in [1.165, 1.54) is 0 Å². The maximum absolute atomic E-state index is 13.0. The molecule has 104 valence electrons. The largest absolute Gasteiger partial charge is 0.365 e. The van der Waals surface area contributed by atoms with Crippen molar-refractivity contribution in [2.45, 2.75) is 25.3 Å². The van der Waals surface area contributed by atoms with Crippen LogP contribution < -0.4 is 10.6 Å². The number of benzene rings is 1. The molecule has 1 unspecified atom stereocenters. The van der Waals surface area contributed by atoms with Crippen molar-refractivity contribution >= 4 is 30.5 Å². The van der Waals surface area contributed by atoms with E-state index >= 15 is 0 Å². The molecule has 1 atom stereocenters. The Kier molecular flexibility index (Phi) is 6.34. The summed E-state index contributed by atoms with van der Waals surface area (Å²) in [4.78, 5) is 1.71. The summed E-state index contributed by atoms with van der Waals surface area (Å²) in [6.07, 6.45) is -0.0535. The van der Waals surface area contributed by atoms with Crippen LogP contribution in [0.4, 0.5) is 14.5 Å². The van der Waals surface area contributed by atoms with Gasteiger partial charge in [0.1, 0.15) is 0 Å². The molecular formula is C12H18Cl2F2N2. The van der Waals surface area contributed by atoms with E-state index in [-0.39, 0.29) is 43.8 Å². The zero-order valence-electron chi connectivity index (χ0n) is 10.1. The van der Waals surface area contributed by atoms with Crippen molar-refractivity contribution in [3.8, 4) is 0 Å². The normalized spacial score (nSPS) is 18.8. The van der Waals surface area contributed by atoms with Gasteiger partial charge in [0, 0.05) is 24.7 Å². The van der Waals surface area contributed by atoms with E-state index in [1.54, 1.807) is 4.90 Å². The molecule has 0 radical (unpaired) electrons. The summed E-state index contributed by atoms with van der Waals surface area (Å²) < 4.78 is 26.1. The van der Waals surface area contributed by atoms with Gasteiger partial charge in [0.2, 0.25) is 0 Å². The number of hydrogen-bond donors (Lipinski definition) is 1. The fourth-order valence-electron chi connectivity index (χ4n) is 1.94. The van der Waals surface area contributed by atoms with Gasteiger partial charge in [-0.15, -0.1) is 24.8 Å². The van der Waals surface area contributed by atoms with Crippen LogP contribution in [0.3, 0.4) is 0 Å². The van der Waals surface area contributed by atoms with Crippen LogP contribution in [0.15, 0.2) is 24.3 Å². The molecule has 2 N–H and O–H groups in total. The van der Waals surface area contributed by atoms with Gasteiger partial charge in [-0.05, 0) is 24.6 Å². The van der Waals surface area contributed by atoms with Gasteiger partial charge in [-0.1, -0.05) is 12.1 Å². The molecule has 0 aliphatic carbocycles. The summed E-state index contributed by atoms with van der Waals surface area (Å²) in [5.74, 6) is -2.54. The van der Waals surface area contributed by atoms with E-state index in [0.717, 1.165) is 11.3 Å². The number of anilines is 1. The lowest BCUT2D eigenvalue weighted by molar-refractivity contribution is 0.0257. The quantitative estimate of drug-likeness (QED) is 0.907. The van der Waals surface area contributed by atoms with Crippen LogP contribution in [0.5, 0.6) is 0 Å². The van der Waals surface area contributed by atoms with Crippen LogP contribution in [0, 0.1) is 0 Å². The number of hydrogen-bond acceptors (Lipinski definition) is 2. The van der Waals surface area contributed by atoms with Crippen molar-refractivity contribution in [1.82, 2.24) is 0 Å². The minimum absolute atomic E-state index is 0. The predicted molar refractivity (Wildman–Crippen MR) is 75.3 cm³/mol. The molecule has 6 heteroatoms. The average molecular weight is 299 g/mol. The van der Waals surface area contributed by atoms with E-state index < -0.39 is 5.92 Å². The van der Waals surface area contributed by atoms with E-state index in [4.69, 9.17) is 5.73 Å². The molecule has 1 fully saturated rings. The maximum Gasteiger partial charge on any atom is 0.266 e. The molecule has 0 aromatic heterocycles. The Morgan fingerprint density at radius 3 is 2.17 bits per heavy atom. The molecule has 1 saturated heterocycles. The second-order valence-electron chi connectivity index (χ2n) is 4.41. The maximum atomic E-state index is 13.0. The third-order valence-electron chi connectivity index (χ3n) is 2.95. The smallest absolute Gasteiger partial charge is 0.266 e. The molecular weight excluding hydrogens is 281 g/mol. The summed E-state index contributed by atoms with van der Waals surface area (Å²) >= 11 is 0. The zero-order valence-corrected chi connectivity index (χ0v) is 11.7. The van der Waals surface area contributed by atoms with Crippen molar-refractivity contribution in [3.63, 3.8) is 0 Å². The van der Waals surface area contributed by atoms with E-state index in [2.05, 4.69) is 0 Å². The van der Waals surface area contributed by atoms with Gasteiger partial charge < -0.3 is 10.6 Å². The van der Waals surface area contributed by atoms with Crippen LogP contribution in [-0.2, 0) is 0 Å². The monoisotopic (exact) mass is 298 g/mol. The first kappa shape index (κ1) is 17.4. The second kappa shape index (κ2) is 6.55. The van der Waals surface area contributed by atoms with Gasteiger partial charge in [0.25, 0.3) is 5.92 Å². The van der Waals surface area contributed by atoms with E-state index in [9.17, 15) is 8.78 Å². The molecule has 2 nitrogen and oxygen atoms in total. The summed E-state index contributed by atoms with van der Waals surface area (Å²) in [7, 11) is 0. The van der Waals surface area contributed by atoms with Crippen LogP contribution in [0.25, 0.3) is 0 Å². The Morgan fingerprint density at radius 2 is 1.78 bits per heavy atom. The third kappa shape index (κ3) is 3.97. The number of alkyl halides is 2. The SMILES string of the molecule is CC(N)c1ccc(N2CCC(F)(F)C2)cc1.Cl.Cl. The number of nitrogens with zero attached hydrogens (tertiary/aromatic N) is 1. The molecule has 2 rings (SSSR count). The highest BCUT2D eigenvalue weighted by Crippen LogP contribution is 2.31. The first-order chi connectivity index (χ1) is 7.48. The topological polar surface area (TPSA) is 29.3 Å². The van der Waals surface area contributed by atoms with Crippen LogP contribution in [0.1, 0.15) is 24.9 Å². The lowest BCUT2D eigenvalue weighted by Crippen LogP contribution is -2.24. The summed E-state index contributed by atoms with van der Waals surface area (Å²) in [5.41, 5.74) is 7.60. The lowest BCUT2D eigenvalue weighted by atomic mass is 10.1. The van der Waals surface area contributed by atoms with Crippen molar-refractivity contribution < 1.29 is 8.78 Å². The van der Waals surface area contributed by atoms with Crippen molar-refractivity contribution in [3.05, 3.63) is 29.8 Å². The van der Waals surface area contributed by atoms with Crippen molar-refractivity contribution in [2.75, 3.05) is 18.0 Å². The van der Waals surface area contributed by atoms with Gasteiger partial charge >= 0.3 is 0 Å². The number of halogens is 4. The summed E-state index contributed by atoms with van der Waals surface area (Å²) in [6.45, 7) is 2.15. The fourth-order valence-corrected chi connectivity index (χ4v) is 1.94. The summed E-state index contributed by atoms with van der Waals surface area (Å²) in [6, 6.07) is 7.50. The van der Waals surface area contributed by atoms with E-state index in [1.807, 2.05) is 31.2 Å². The molecule has 0 spiro atoms. The molecule has 1 aliphatic rings. The Hall–Kier alpha value is -0.580. The Bertz CT molecular complexity index is 369. The minimum Gasteiger partial charge on any atom is -0.365 e. The average Bonchev–Trinajstić information content (AvgIpc) is 2.59. The van der Waals surface area contributed by atoms with Gasteiger partial charge in [0.15, 0.2) is 0 Å². The first-order valence-electron chi connectivity index (χ1n) is 5.46. The molecule has 1 aromatic carbocycles. The Morgan fingerprint density at radius 1 is 1.22 bits per heavy atom. The second-order valence-corrected chi connectivity index (χ2v) is 4.41. The standard InChI is InChI=1S/C12H16F2N2.2ClH/c1-9(15)10-2-4-11(5-3-10)16-7-6-12(13,14)8-16;;/h2-5,9H,6-8,15H2,1H3;2*1H. The van der Waals surface area contributed by atoms with Crippen LogP contribution in [0.2, 0.25) is 0 Å². The van der Waals surface area contributed by atoms with Gasteiger partial charge in [-0.2, -0.15) is 0 Å². The highest BCUT2D eigenvalue weighted by atomic mass is 35.5. The highest BCUT2D eigenvalue weighted by Gasteiger charge is 2.38. The fraction of sp³-hybridized carbons (Fsp3) is 0.500. The Balaban J connectivity index is 0.00000144. The third-order valence-corrected chi connectivity index (χ3v) is 2.95. The van der Waals surface area contributed by atoms with Crippen molar-refractivity contribution in [2.24, 2.45) is 5.73 Å². The first-order valence-corrected chi connectivity index (χ1v) is 5.46. The molecule has 1 heterocycles. The van der Waals surface area contributed by atoms with Crippen LogP contribution in [-0.4, -0.2) is 19.0 Å². The predicted octanol–water partition coefficient (Wildman–Crippen LogP) is 3.40. The molecule has 1 aliphatic heterocycles. The summed E-state index contributed by atoms with van der Waals surface area (Å²) in [5, 5.41) is 0. The molecule has 0 bridgehead atoms. The number of rotatable bonds is 2. The van der Waals surface area contributed by atoms with Gasteiger partial charge in [-0.25, -0.2) is 8.78 Å². The van der Waals surface area contributed by atoms with Gasteiger partial charge in [-0.3, -0.25) is 0 Å². The molecule has 18 heavy (non-hydrogen) atoms. The minimum atomic E-state index is -2.54. The van der Waals surface area contributed by atoms with E-state index in [0.29, 0.717) is 6.54 Å². The molecule has 1 aromatic rings. The number of nitrogens with two attached hydrogens (primary N) is 1. The molecule has 0 saturated carbocycles.